The van der Waals surface area contributed by atoms with Gasteiger partial charge in [0.1, 0.15) is 16.9 Å². The van der Waals surface area contributed by atoms with E-state index in [9.17, 15) is 14.0 Å². The molecule has 8 heteroatoms. The number of hydrogen-bond donors (Lipinski definition) is 2. The molecule has 170 valence electrons. The molecule has 34 heavy (non-hydrogen) atoms. The van der Waals surface area contributed by atoms with Gasteiger partial charge in [-0.05, 0) is 61.4 Å². The van der Waals surface area contributed by atoms with E-state index in [-0.39, 0.29) is 17.2 Å². The minimum atomic E-state index is -0.430. The Morgan fingerprint density at radius 2 is 1.82 bits per heavy atom. The van der Waals surface area contributed by atoms with Crippen LogP contribution in [-0.2, 0) is 4.79 Å². The lowest BCUT2D eigenvalue weighted by atomic mass is 10.1. The number of aromatic nitrogens is 3. The zero-order valence-corrected chi connectivity index (χ0v) is 19.4. The third-order valence-electron chi connectivity index (χ3n) is 5.40. The lowest BCUT2D eigenvalue weighted by molar-refractivity contribution is -0.113. The van der Waals surface area contributed by atoms with Crippen LogP contribution in [-0.4, -0.2) is 26.2 Å². The molecule has 0 aliphatic rings. The highest BCUT2D eigenvalue weighted by atomic mass is 32.2. The molecule has 5 rings (SSSR count). The van der Waals surface area contributed by atoms with Gasteiger partial charge in [-0.15, -0.1) is 0 Å². The fourth-order valence-corrected chi connectivity index (χ4v) is 4.85. The second kappa shape index (κ2) is 8.79. The van der Waals surface area contributed by atoms with Crippen LogP contribution in [0.1, 0.15) is 11.1 Å². The Bertz CT molecular complexity index is 1600. The number of halogens is 1. The van der Waals surface area contributed by atoms with Crippen LogP contribution in [0.2, 0.25) is 0 Å². The van der Waals surface area contributed by atoms with Crippen molar-refractivity contribution in [1.82, 2.24) is 14.5 Å². The number of anilines is 1. The fourth-order valence-electron chi connectivity index (χ4n) is 4.04. The molecule has 0 bridgehead atoms. The van der Waals surface area contributed by atoms with Gasteiger partial charge < -0.3 is 10.3 Å². The van der Waals surface area contributed by atoms with Crippen LogP contribution in [0.15, 0.2) is 76.7 Å². The van der Waals surface area contributed by atoms with Gasteiger partial charge in [-0.1, -0.05) is 42.1 Å². The van der Waals surface area contributed by atoms with Crippen molar-refractivity contribution in [3.8, 4) is 5.69 Å². The van der Waals surface area contributed by atoms with E-state index in [1.807, 2.05) is 56.3 Å². The van der Waals surface area contributed by atoms with Gasteiger partial charge in [-0.3, -0.25) is 14.2 Å². The van der Waals surface area contributed by atoms with E-state index < -0.39 is 5.82 Å². The number of amides is 1. The van der Waals surface area contributed by atoms with Gasteiger partial charge in [0.2, 0.25) is 5.91 Å². The van der Waals surface area contributed by atoms with Gasteiger partial charge >= 0.3 is 0 Å². The zero-order valence-electron chi connectivity index (χ0n) is 18.6. The third-order valence-corrected chi connectivity index (χ3v) is 6.34. The van der Waals surface area contributed by atoms with Crippen LogP contribution in [0.25, 0.3) is 27.6 Å². The van der Waals surface area contributed by atoms with E-state index in [0.717, 1.165) is 33.8 Å². The first-order chi connectivity index (χ1) is 16.4. The molecule has 1 amide bonds. The number of benzene rings is 3. The molecule has 0 aliphatic carbocycles. The largest absolute Gasteiger partial charge is 0.349 e. The van der Waals surface area contributed by atoms with Crippen molar-refractivity contribution in [2.24, 2.45) is 0 Å². The Morgan fingerprint density at radius 3 is 2.59 bits per heavy atom. The minimum Gasteiger partial charge on any atom is -0.349 e. The van der Waals surface area contributed by atoms with Crippen LogP contribution in [0.5, 0.6) is 0 Å². The van der Waals surface area contributed by atoms with Crippen LogP contribution in [0.3, 0.4) is 0 Å². The molecule has 2 heterocycles. The number of para-hydroxylation sites is 1. The lowest BCUT2D eigenvalue weighted by Gasteiger charge is -2.13. The number of H-pyrrole nitrogens is 1. The van der Waals surface area contributed by atoms with Crippen molar-refractivity contribution >= 4 is 45.3 Å². The van der Waals surface area contributed by atoms with Crippen LogP contribution in [0, 0.1) is 19.7 Å². The average Bonchev–Trinajstić information content (AvgIpc) is 3.16. The SMILES string of the molecule is Cc1cc(C)cc(-n2c(SCC(=O)Nc3cccc(F)c3)nc3c([nH]c4ccccc43)c2=O)c1. The van der Waals surface area contributed by atoms with Crippen molar-refractivity contribution in [2.45, 2.75) is 19.0 Å². The number of rotatable bonds is 5. The topological polar surface area (TPSA) is 79.8 Å². The number of thioether (sulfide) groups is 1. The number of nitrogens with one attached hydrogen (secondary N) is 2. The zero-order chi connectivity index (χ0) is 23.8. The Kier molecular flexibility index (Phi) is 5.67. The summed E-state index contributed by atoms with van der Waals surface area (Å²) in [6.45, 7) is 3.94. The Hall–Kier alpha value is -3.91. The van der Waals surface area contributed by atoms with Crippen molar-refractivity contribution < 1.29 is 9.18 Å². The summed E-state index contributed by atoms with van der Waals surface area (Å²) in [7, 11) is 0. The quantitative estimate of drug-likeness (QED) is 0.267. The molecule has 3 aromatic carbocycles. The predicted octanol–water partition coefficient (Wildman–Crippen LogP) is 5.35. The molecule has 2 N–H and O–H groups in total. The molecule has 0 fully saturated rings. The normalized spacial score (nSPS) is 11.3. The summed E-state index contributed by atoms with van der Waals surface area (Å²) in [5.74, 6) is -0.752. The molecule has 0 unspecified atom stereocenters. The number of carbonyl (C=O) groups is 1. The molecular weight excluding hydrogens is 451 g/mol. The van der Waals surface area contributed by atoms with Crippen molar-refractivity contribution in [2.75, 3.05) is 11.1 Å². The number of fused-ring (bicyclic) bond motifs is 3. The predicted molar refractivity (Wildman–Crippen MR) is 134 cm³/mol. The van der Waals surface area contributed by atoms with Gasteiger partial charge in [0.05, 0.1) is 11.4 Å². The highest BCUT2D eigenvalue weighted by Gasteiger charge is 2.18. The Labute approximate surface area is 198 Å². The smallest absolute Gasteiger partial charge is 0.283 e. The van der Waals surface area contributed by atoms with E-state index in [2.05, 4.69) is 10.3 Å². The number of aromatic amines is 1. The molecule has 0 saturated carbocycles. The Balaban J connectivity index is 1.59. The maximum atomic E-state index is 13.7. The van der Waals surface area contributed by atoms with Crippen LogP contribution < -0.4 is 10.9 Å². The maximum absolute atomic E-state index is 13.7. The average molecular weight is 473 g/mol. The summed E-state index contributed by atoms with van der Waals surface area (Å²) in [6, 6.07) is 19.2. The number of carbonyl (C=O) groups excluding carboxylic acids is 1. The number of aryl methyl sites for hydroxylation is 2. The second-order valence-corrected chi connectivity index (χ2v) is 9.06. The highest BCUT2D eigenvalue weighted by Crippen LogP contribution is 2.27. The van der Waals surface area contributed by atoms with E-state index in [4.69, 9.17) is 4.98 Å². The van der Waals surface area contributed by atoms with E-state index in [1.54, 1.807) is 6.07 Å². The van der Waals surface area contributed by atoms with E-state index in [0.29, 0.717) is 27.6 Å². The summed E-state index contributed by atoms with van der Waals surface area (Å²) >= 11 is 1.16. The number of nitrogens with zero attached hydrogens (tertiary/aromatic N) is 2. The molecule has 0 radical (unpaired) electrons. The third kappa shape index (κ3) is 4.20. The van der Waals surface area contributed by atoms with E-state index >= 15 is 0 Å². The van der Waals surface area contributed by atoms with Gasteiger partial charge in [0.15, 0.2) is 5.16 Å². The summed E-state index contributed by atoms with van der Waals surface area (Å²) < 4.78 is 15.0. The van der Waals surface area contributed by atoms with Gasteiger partial charge in [-0.2, -0.15) is 0 Å². The summed E-state index contributed by atoms with van der Waals surface area (Å²) in [4.78, 5) is 34.2. The summed E-state index contributed by atoms with van der Waals surface area (Å²) in [5, 5.41) is 3.93. The van der Waals surface area contributed by atoms with Crippen LogP contribution >= 0.6 is 11.8 Å². The molecule has 0 atom stereocenters. The monoisotopic (exact) mass is 472 g/mol. The fraction of sp³-hybridized carbons (Fsp3) is 0.115. The highest BCUT2D eigenvalue weighted by molar-refractivity contribution is 7.99. The lowest BCUT2D eigenvalue weighted by Crippen LogP contribution is -2.23. The molecule has 6 nitrogen and oxygen atoms in total. The van der Waals surface area contributed by atoms with E-state index in [1.165, 1.54) is 22.8 Å². The summed E-state index contributed by atoms with van der Waals surface area (Å²) in [6.07, 6.45) is 0. The maximum Gasteiger partial charge on any atom is 0.283 e. The Morgan fingerprint density at radius 1 is 1.06 bits per heavy atom. The standard InChI is InChI=1S/C26H21FN4O2S/c1-15-10-16(2)12-19(11-15)31-25(33)24-23(20-8-3-4-9-21(20)29-24)30-26(31)34-14-22(32)28-18-7-5-6-17(27)13-18/h3-13,29H,14H2,1-2H3,(H,28,32). The molecular formula is C26H21FN4O2S. The molecule has 0 spiro atoms. The molecule has 2 aromatic heterocycles. The van der Waals surface area contributed by atoms with Crippen molar-refractivity contribution in [1.29, 1.82) is 0 Å². The molecule has 0 saturated heterocycles. The second-order valence-electron chi connectivity index (χ2n) is 8.12. The van der Waals surface area contributed by atoms with Crippen molar-refractivity contribution in [3.63, 3.8) is 0 Å². The number of hydrogen-bond acceptors (Lipinski definition) is 4. The molecule has 5 aromatic rings. The van der Waals surface area contributed by atoms with Gasteiger partial charge in [0.25, 0.3) is 5.56 Å². The van der Waals surface area contributed by atoms with Crippen molar-refractivity contribution in [3.05, 3.63) is 94.0 Å². The van der Waals surface area contributed by atoms with Crippen LogP contribution in [0.4, 0.5) is 10.1 Å². The first-order valence-electron chi connectivity index (χ1n) is 10.7. The van der Waals surface area contributed by atoms with Gasteiger partial charge in [-0.25, -0.2) is 9.37 Å². The first-order valence-corrected chi connectivity index (χ1v) is 11.7. The first kappa shape index (κ1) is 21.9. The minimum absolute atomic E-state index is 0.00160. The van der Waals surface area contributed by atoms with Gasteiger partial charge in [0, 0.05) is 16.6 Å². The molecule has 0 aliphatic heterocycles. The summed E-state index contributed by atoms with van der Waals surface area (Å²) in [5.41, 5.74) is 4.64.